The number of amides is 1. The molecular weight excluding hydrogens is 342 g/mol. The molecule has 6 heteroatoms. The van der Waals surface area contributed by atoms with E-state index in [0.717, 1.165) is 44.5 Å². The summed E-state index contributed by atoms with van der Waals surface area (Å²) in [6, 6.07) is 8.64. The van der Waals surface area contributed by atoms with Crippen LogP contribution in [-0.2, 0) is 16.1 Å². The molecule has 27 heavy (non-hydrogen) atoms. The predicted molar refractivity (Wildman–Crippen MR) is 107 cm³/mol. The van der Waals surface area contributed by atoms with Crippen molar-refractivity contribution in [3.05, 3.63) is 35.4 Å². The molecule has 0 spiro atoms. The van der Waals surface area contributed by atoms with Crippen molar-refractivity contribution < 1.29 is 14.7 Å². The van der Waals surface area contributed by atoms with Crippen LogP contribution in [0.15, 0.2) is 24.3 Å². The first-order valence-electron chi connectivity index (χ1n) is 9.86. The Labute approximate surface area is 162 Å². The maximum atomic E-state index is 12.8. The van der Waals surface area contributed by atoms with Crippen molar-refractivity contribution in [2.45, 2.75) is 45.7 Å². The lowest BCUT2D eigenvalue weighted by atomic mass is 10.0. The molecule has 1 aromatic carbocycles. The minimum atomic E-state index is -0.790. The summed E-state index contributed by atoms with van der Waals surface area (Å²) in [5, 5.41) is 8.93. The van der Waals surface area contributed by atoms with E-state index in [4.69, 9.17) is 5.11 Å². The van der Waals surface area contributed by atoms with Gasteiger partial charge in [-0.05, 0) is 38.8 Å². The molecule has 0 unspecified atom stereocenters. The number of carboxylic acid groups (broad SMARTS) is 1. The van der Waals surface area contributed by atoms with E-state index in [1.807, 2.05) is 16.8 Å². The molecule has 6 nitrogen and oxygen atoms in total. The van der Waals surface area contributed by atoms with E-state index in [1.54, 1.807) is 0 Å². The quantitative estimate of drug-likeness (QED) is 0.717. The standard InChI is InChI=1S/C21H33N3O3/c1-4-11-24(14-18-7-5-17(2)6-8-18)20(25)15-23-12-9-19(10-13-23)22(3)16-21(26)27/h5-8,19H,4,9-16H2,1-3H3,(H,26,27). The Hall–Kier alpha value is -1.92. The van der Waals surface area contributed by atoms with E-state index >= 15 is 0 Å². The van der Waals surface area contributed by atoms with Crippen LogP contribution in [0.5, 0.6) is 0 Å². The lowest BCUT2D eigenvalue weighted by Crippen LogP contribution is -2.48. The number of carbonyl (C=O) groups is 2. The van der Waals surface area contributed by atoms with Crippen molar-refractivity contribution >= 4 is 11.9 Å². The van der Waals surface area contributed by atoms with Crippen LogP contribution >= 0.6 is 0 Å². The highest BCUT2D eigenvalue weighted by Crippen LogP contribution is 2.16. The first-order chi connectivity index (χ1) is 12.9. The van der Waals surface area contributed by atoms with Gasteiger partial charge >= 0.3 is 5.97 Å². The molecule has 0 atom stereocenters. The van der Waals surface area contributed by atoms with Gasteiger partial charge in [0.25, 0.3) is 0 Å². The molecule has 1 amide bonds. The third-order valence-corrected chi connectivity index (χ3v) is 5.26. The minimum absolute atomic E-state index is 0.0738. The SMILES string of the molecule is CCCN(Cc1ccc(C)cc1)C(=O)CN1CCC(N(C)CC(=O)O)CC1. The van der Waals surface area contributed by atoms with Gasteiger partial charge in [0, 0.05) is 32.2 Å². The van der Waals surface area contributed by atoms with E-state index < -0.39 is 5.97 Å². The maximum absolute atomic E-state index is 12.8. The molecule has 0 aliphatic carbocycles. The Morgan fingerprint density at radius 2 is 1.81 bits per heavy atom. The van der Waals surface area contributed by atoms with Crippen LogP contribution in [0, 0.1) is 6.92 Å². The van der Waals surface area contributed by atoms with Crippen molar-refractivity contribution in [3.8, 4) is 0 Å². The smallest absolute Gasteiger partial charge is 0.317 e. The zero-order valence-corrected chi connectivity index (χ0v) is 16.9. The molecule has 0 radical (unpaired) electrons. The van der Waals surface area contributed by atoms with Gasteiger partial charge in [0.1, 0.15) is 0 Å². The fraction of sp³-hybridized carbons (Fsp3) is 0.619. The number of likely N-dealkylation sites (N-methyl/N-ethyl adjacent to an activating group) is 1. The average Bonchev–Trinajstić information content (AvgIpc) is 2.63. The summed E-state index contributed by atoms with van der Waals surface area (Å²) in [5.74, 6) is -0.615. The van der Waals surface area contributed by atoms with Crippen molar-refractivity contribution in [1.82, 2.24) is 14.7 Å². The summed E-state index contributed by atoms with van der Waals surface area (Å²) in [4.78, 5) is 29.8. The van der Waals surface area contributed by atoms with Gasteiger partial charge in [-0.15, -0.1) is 0 Å². The molecule has 0 bridgehead atoms. The molecule has 1 aromatic rings. The third-order valence-electron chi connectivity index (χ3n) is 5.26. The van der Waals surface area contributed by atoms with Crippen LogP contribution in [-0.4, -0.2) is 77.5 Å². The maximum Gasteiger partial charge on any atom is 0.317 e. The molecule has 1 aliphatic rings. The Morgan fingerprint density at radius 1 is 1.19 bits per heavy atom. The second-order valence-corrected chi connectivity index (χ2v) is 7.62. The van der Waals surface area contributed by atoms with E-state index in [2.05, 4.69) is 43.0 Å². The second-order valence-electron chi connectivity index (χ2n) is 7.62. The van der Waals surface area contributed by atoms with Gasteiger partial charge < -0.3 is 10.0 Å². The molecule has 2 rings (SSSR count). The lowest BCUT2D eigenvalue weighted by Gasteiger charge is -2.36. The number of carbonyl (C=O) groups excluding carboxylic acids is 1. The van der Waals surface area contributed by atoms with Gasteiger partial charge in [-0.3, -0.25) is 19.4 Å². The monoisotopic (exact) mass is 375 g/mol. The molecule has 1 N–H and O–H groups in total. The van der Waals surface area contributed by atoms with Gasteiger partial charge in [0.15, 0.2) is 0 Å². The Balaban J connectivity index is 1.85. The Kier molecular flexibility index (Phi) is 8.25. The fourth-order valence-corrected chi connectivity index (χ4v) is 3.63. The predicted octanol–water partition coefficient (Wildman–Crippen LogP) is 2.21. The van der Waals surface area contributed by atoms with Gasteiger partial charge in [-0.1, -0.05) is 36.8 Å². The number of benzene rings is 1. The number of carboxylic acids is 1. The highest BCUT2D eigenvalue weighted by molar-refractivity contribution is 5.78. The summed E-state index contributed by atoms with van der Waals surface area (Å²) in [7, 11) is 1.87. The van der Waals surface area contributed by atoms with E-state index in [-0.39, 0.29) is 18.5 Å². The third kappa shape index (κ3) is 6.96. The van der Waals surface area contributed by atoms with Gasteiger partial charge in [-0.25, -0.2) is 0 Å². The largest absolute Gasteiger partial charge is 0.480 e. The summed E-state index contributed by atoms with van der Waals surface area (Å²) in [6.07, 6.45) is 2.76. The Morgan fingerprint density at radius 3 is 2.37 bits per heavy atom. The lowest BCUT2D eigenvalue weighted by molar-refractivity contribution is -0.138. The van der Waals surface area contributed by atoms with E-state index in [0.29, 0.717) is 13.1 Å². The fourth-order valence-electron chi connectivity index (χ4n) is 3.63. The number of aliphatic carboxylic acids is 1. The van der Waals surface area contributed by atoms with Crippen molar-refractivity contribution in [3.63, 3.8) is 0 Å². The van der Waals surface area contributed by atoms with Crippen LogP contribution < -0.4 is 0 Å². The Bertz CT molecular complexity index is 610. The number of aryl methyl sites for hydroxylation is 1. The van der Waals surface area contributed by atoms with Crippen LogP contribution in [0.2, 0.25) is 0 Å². The average molecular weight is 376 g/mol. The van der Waals surface area contributed by atoms with Crippen LogP contribution in [0.4, 0.5) is 0 Å². The number of hydrogen-bond donors (Lipinski definition) is 1. The molecule has 1 saturated heterocycles. The number of likely N-dealkylation sites (tertiary alicyclic amines) is 1. The first kappa shape index (κ1) is 21.4. The zero-order valence-electron chi connectivity index (χ0n) is 16.9. The highest BCUT2D eigenvalue weighted by Gasteiger charge is 2.25. The number of piperidine rings is 1. The summed E-state index contributed by atoms with van der Waals surface area (Å²) in [6.45, 7) is 7.78. The van der Waals surface area contributed by atoms with Crippen LogP contribution in [0.25, 0.3) is 0 Å². The molecule has 0 aromatic heterocycles. The van der Waals surface area contributed by atoms with E-state index in [1.165, 1.54) is 5.56 Å². The van der Waals surface area contributed by atoms with Gasteiger partial charge in [0.05, 0.1) is 13.1 Å². The number of rotatable bonds is 9. The van der Waals surface area contributed by atoms with Crippen molar-refractivity contribution in [1.29, 1.82) is 0 Å². The molecule has 1 heterocycles. The van der Waals surface area contributed by atoms with Gasteiger partial charge in [-0.2, -0.15) is 0 Å². The first-order valence-corrected chi connectivity index (χ1v) is 9.86. The summed E-state index contributed by atoms with van der Waals surface area (Å²) >= 11 is 0. The molecule has 1 fully saturated rings. The number of nitrogens with zero attached hydrogens (tertiary/aromatic N) is 3. The molecule has 150 valence electrons. The normalized spacial score (nSPS) is 15.9. The molecule has 1 aliphatic heterocycles. The number of hydrogen-bond acceptors (Lipinski definition) is 4. The summed E-state index contributed by atoms with van der Waals surface area (Å²) in [5.41, 5.74) is 2.39. The topological polar surface area (TPSA) is 64.1 Å². The summed E-state index contributed by atoms with van der Waals surface area (Å²) < 4.78 is 0. The van der Waals surface area contributed by atoms with Crippen molar-refractivity contribution in [2.75, 3.05) is 39.8 Å². The van der Waals surface area contributed by atoms with Gasteiger partial charge in [0.2, 0.25) is 5.91 Å². The minimum Gasteiger partial charge on any atom is -0.480 e. The van der Waals surface area contributed by atoms with Crippen LogP contribution in [0.3, 0.4) is 0 Å². The highest BCUT2D eigenvalue weighted by atomic mass is 16.4. The molecule has 0 saturated carbocycles. The zero-order chi connectivity index (χ0) is 19.8. The second kappa shape index (κ2) is 10.4. The molecular formula is C21H33N3O3. The van der Waals surface area contributed by atoms with Crippen molar-refractivity contribution in [2.24, 2.45) is 0 Å². The van der Waals surface area contributed by atoms with Crippen LogP contribution in [0.1, 0.15) is 37.3 Å². The van der Waals surface area contributed by atoms with E-state index in [9.17, 15) is 9.59 Å².